The Kier molecular flexibility index (Phi) is 5.98. The van der Waals surface area contributed by atoms with Gasteiger partial charge in [-0.1, -0.05) is 36.2 Å². The summed E-state index contributed by atoms with van der Waals surface area (Å²) in [6, 6.07) is 5.92. The Hall–Kier alpha value is -1.52. The number of carbonyl (C=O) groups excluding carboxylic acids is 1. The number of ether oxygens (including phenoxy) is 2. The van der Waals surface area contributed by atoms with E-state index in [0.29, 0.717) is 24.7 Å². The Bertz CT molecular complexity index is 743. The number of cyclic esters (lactones) is 1. The summed E-state index contributed by atoms with van der Waals surface area (Å²) in [7, 11) is 0. The molecule has 1 aromatic rings. The number of halogens is 1. The van der Waals surface area contributed by atoms with Gasteiger partial charge in [-0.2, -0.15) is 0 Å². The van der Waals surface area contributed by atoms with Crippen molar-refractivity contribution in [3.63, 3.8) is 0 Å². The first-order chi connectivity index (χ1) is 13.6. The minimum absolute atomic E-state index is 0.0784. The van der Waals surface area contributed by atoms with Crippen LogP contribution in [0.15, 0.2) is 30.4 Å². The molecule has 2 aliphatic heterocycles. The molecule has 0 N–H and O–H groups in total. The van der Waals surface area contributed by atoms with Gasteiger partial charge in [-0.3, -0.25) is 4.79 Å². The lowest BCUT2D eigenvalue weighted by molar-refractivity contribution is -0.146. The third kappa shape index (κ3) is 4.08. The fourth-order valence-electron chi connectivity index (χ4n) is 5.05. The van der Waals surface area contributed by atoms with Crippen molar-refractivity contribution in [1.29, 1.82) is 0 Å². The lowest BCUT2D eigenvalue weighted by Crippen LogP contribution is -2.31. The molecule has 0 amide bonds. The van der Waals surface area contributed by atoms with Crippen LogP contribution in [-0.2, 0) is 16.0 Å². The number of piperidine rings is 1. The topological polar surface area (TPSA) is 38.8 Å². The van der Waals surface area contributed by atoms with Gasteiger partial charge in [-0.05, 0) is 69.3 Å². The second kappa shape index (κ2) is 8.46. The third-order valence-corrected chi connectivity index (χ3v) is 6.84. The molecule has 28 heavy (non-hydrogen) atoms. The van der Waals surface area contributed by atoms with Crippen molar-refractivity contribution < 1.29 is 14.3 Å². The minimum atomic E-state index is -0.447. The molecule has 2 unspecified atom stereocenters. The second-order valence-electron chi connectivity index (χ2n) is 8.63. The molecule has 1 saturated carbocycles. The van der Waals surface area contributed by atoms with Crippen LogP contribution >= 0.6 is 11.6 Å². The van der Waals surface area contributed by atoms with Crippen molar-refractivity contribution in [3.8, 4) is 5.75 Å². The van der Waals surface area contributed by atoms with E-state index < -0.39 is 5.41 Å². The van der Waals surface area contributed by atoms with Crippen LogP contribution < -0.4 is 4.74 Å². The highest BCUT2D eigenvalue weighted by Gasteiger charge is 2.55. The zero-order valence-electron chi connectivity index (χ0n) is 16.6. The zero-order chi connectivity index (χ0) is 19.6. The molecule has 1 aromatic carbocycles. The molecule has 2 atom stereocenters. The summed E-state index contributed by atoms with van der Waals surface area (Å²) in [6.07, 6.45) is 7.28. The maximum atomic E-state index is 12.5. The van der Waals surface area contributed by atoms with Crippen molar-refractivity contribution in [2.45, 2.75) is 44.9 Å². The molecule has 0 aromatic heterocycles. The van der Waals surface area contributed by atoms with Gasteiger partial charge in [0, 0.05) is 12.5 Å². The van der Waals surface area contributed by atoms with Crippen molar-refractivity contribution >= 4 is 17.6 Å². The van der Waals surface area contributed by atoms with Gasteiger partial charge >= 0.3 is 5.97 Å². The number of hydrogen-bond donors (Lipinski definition) is 0. The maximum Gasteiger partial charge on any atom is 0.313 e. The van der Waals surface area contributed by atoms with Gasteiger partial charge in [0.25, 0.3) is 0 Å². The number of rotatable bonds is 7. The average Bonchev–Trinajstić information content (AvgIpc) is 3.15. The normalized spacial score (nSPS) is 27.7. The first-order valence-corrected chi connectivity index (χ1v) is 10.9. The molecule has 0 spiro atoms. The summed E-state index contributed by atoms with van der Waals surface area (Å²) in [6.45, 7) is 8.82. The molecule has 2 saturated heterocycles. The lowest BCUT2D eigenvalue weighted by Gasteiger charge is -2.26. The summed E-state index contributed by atoms with van der Waals surface area (Å²) >= 11 is 6.48. The van der Waals surface area contributed by atoms with Crippen LogP contribution in [0.2, 0.25) is 5.02 Å². The van der Waals surface area contributed by atoms with Gasteiger partial charge in [-0.15, -0.1) is 0 Å². The second-order valence-corrected chi connectivity index (χ2v) is 9.04. The van der Waals surface area contributed by atoms with Crippen molar-refractivity contribution in [2.24, 2.45) is 11.3 Å². The monoisotopic (exact) mass is 403 g/mol. The van der Waals surface area contributed by atoms with Gasteiger partial charge < -0.3 is 14.4 Å². The van der Waals surface area contributed by atoms with E-state index >= 15 is 0 Å². The number of allylic oxidation sites excluding steroid dienone is 1. The van der Waals surface area contributed by atoms with E-state index in [2.05, 4.69) is 11.5 Å². The molecule has 3 aliphatic rings. The maximum absolute atomic E-state index is 12.5. The number of fused-ring (bicyclic) bond motifs is 1. The van der Waals surface area contributed by atoms with Crippen LogP contribution in [-0.4, -0.2) is 43.7 Å². The largest absolute Gasteiger partial charge is 0.492 e. The molecule has 4 rings (SSSR count). The summed E-state index contributed by atoms with van der Waals surface area (Å²) in [5.41, 5.74) is 1.77. The molecular formula is C23H30ClNO3. The Balaban J connectivity index is 1.33. The Morgan fingerprint density at radius 1 is 1.29 bits per heavy atom. The Morgan fingerprint density at radius 2 is 2.11 bits per heavy atom. The van der Waals surface area contributed by atoms with Crippen LogP contribution in [0.4, 0.5) is 0 Å². The van der Waals surface area contributed by atoms with E-state index in [-0.39, 0.29) is 11.9 Å². The zero-order valence-corrected chi connectivity index (χ0v) is 17.3. The fourth-order valence-corrected chi connectivity index (χ4v) is 5.31. The quantitative estimate of drug-likeness (QED) is 0.377. The minimum Gasteiger partial charge on any atom is -0.492 e. The standard InChI is InChI=1S/C23H30ClNO3/c1-17-12-19-16-28-22(26)23(19,14-17)15-18-6-7-21(20(24)13-18)27-11-5-10-25-8-3-2-4-9-25/h6-7,13,19H,1-5,8-12,14-16H2. The van der Waals surface area contributed by atoms with E-state index in [1.54, 1.807) is 0 Å². The van der Waals surface area contributed by atoms with E-state index in [4.69, 9.17) is 21.1 Å². The highest BCUT2D eigenvalue weighted by atomic mass is 35.5. The van der Waals surface area contributed by atoms with Crippen LogP contribution in [0.5, 0.6) is 5.75 Å². The van der Waals surface area contributed by atoms with Gasteiger partial charge in [0.2, 0.25) is 0 Å². The molecular weight excluding hydrogens is 374 g/mol. The van der Waals surface area contributed by atoms with Gasteiger partial charge in [0.15, 0.2) is 0 Å². The fraction of sp³-hybridized carbons (Fsp3) is 0.609. The van der Waals surface area contributed by atoms with E-state index in [1.165, 1.54) is 32.4 Å². The summed E-state index contributed by atoms with van der Waals surface area (Å²) in [4.78, 5) is 15.0. The number of nitrogens with zero attached hydrogens (tertiary/aromatic N) is 1. The van der Waals surface area contributed by atoms with Crippen molar-refractivity contribution in [3.05, 3.63) is 40.9 Å². The number of esters is 1. The number of hydrogen-bond acceptors (Lipinski definition) is 4. The van der Waals surface area contributed by atoms with Crippen molar-refractivity contribution in [2.75, 3.05) is 32.8 Å². The summed E-state index contributed by atoms with van der Waals surface area (Å²) in [5.74, 6) is 0.894. The highest BCUT2D eigenvalue weighted by molar-refractivity contribution is 6.32. The molecule has 0 radical (unpaired) electrons. The lowest BCUT2D eigenvalue weighted by atomic mass is 9.75. The summed E-state index contributed by atoms with van der Waals surface area (Å²) < 4.78 is 11.3. The molecule has 5 heteroatoms. The van der Waals surface area contributed by atoms with Crippen LogP contribution in [0, 0.1) is 11.3 Å². The van der Waals surface area contributed by atoms with Gasteiger partial charge in [0.1, 0.15) is 5.75 Å². The first-order valence-electron chi connectivity index (χ1n) is 10.5. The molecule has 3 fully saturated rings. The van der Waals surface area contributed by atoms with E-state index in [1.807, 2.05) is 18.2 Å². The first kappa shape index (κ1) is 19.8. The predicted octanol–water partition coefficient (Wildman–Crippen LogP) is 4.65. The van der Waals surface area contributed by atoms with Gasteiger partial charge in [0.05, 0.1) is 23.7 Å². The smallest absolute Gasteiger partial charge is 0.313 e. The van der Waals surface area contributed by atoms with E-state index in [9.17, 15) is 4.79 Å². The van der Waals surface area contributed by atoms with E-state index in [0.717, 1.165) is 42.7 Å². The van der Waals surface area contributed by atoms with Crippen molar-refractivity contribution in [1.82, 2.24) is 4.90 Å². The molecule has 4 nitrogen and oxygen atoms in total. The van der Waals surface area contributed by atoms with Crippen LogP contribution in [0.25, 0.3) is 0 Å². The van der Waals surface area contributed by atoms with Crippen LogP contribution in [0.3, 0.4) is 0 Å². The predicted molar refractivity (Wildman–Crippen MR) is 111 cm³/mol. The number of likely N-dealkylation sites (tertiary alicyclic amines) is 1. The number of carbonyl (C=O) groups is 1. The molecule has 0 bridgehead atoms. The molecule has 1 aliphatic carbocycles. The van der Waals surface area contributed by atoms with Crippen LogP contribution in [0.1, 0.15) is 44.1 Å². The van der Waals surface area contributed by atoms with Gasteiger partial charge in [-0.25, -0.2) is 0 Å². The Labute approximate surface area is 172 Å². The number of benzene rings is 1. The Morgan fingerprint density at radius 3 is 2.89 bits per heavy atom. The SMILES string of the molecule is C=C1CC2COC(=O)C2(Cc2ccc(OCCCN3CCCCC3)c(Cl)c2)C1. The third-order valence-electron chi connectivity index (χ3n) is 6.54. The molecule has 2 heterocycles. The molecule has 152 valence electrons. The highest BCUT2D eigenvalue weighted by Crippen LogP contribution is 2.52. The average molecular weight is 404 g/mol. The summed E-state index contributed by atoms with van der Waals surface area (Å²) in [5, 5.41) is 0.617.